The van der Waals surface area contributed by atoms with Gasteiger partial charge in [-0.25, -0.2) is 9.78 Å². The Bertz CT molecular complexity index is 1620. The average Bonchev–Trinajstić information content (AvgIpc) is 3.31. The van der Waals surface area contributed by atoms with Crippen LogP contribution in [-0.4, -0.2) is 29.1 Å². The Morgan fingerprint density at radius 3 is 2.34 bits per heavy atom. The maximum absolute atomic E-state index is 10.1. The van der Waals surface area contributed by atoms with Gasteiger partial charge in [-0.3, -0.25) is 4.98 Å². The number of hydrogen-bond donors (Lipinski definition) is 1. The third-order valence-electron chi connectivity index (χ3n) is 6.77. The third kappa shape index (κ3) is 3.49. The molecule has 2 aromatic heterocycles. The summed E-state index contributed by atoms with van der Waals surface area (Å²) in [6, 6.07) is 30.0. The second-order valence-corrected chi connectivity index (χ2v) is 13.3. The molecule has 35 heavy (non-hydrogen) atoms. The normalized spacial score (nSPS) is 13.1. The quantitative estimate of drug-likeness (QED) is 0.195. The van der Waals surface area contributed by atoms with Crippen molar-refractivity contribution < 1.29 is 30.0 Å². The number of carboxylic acid groups (broad SMARTS) is 1. The van der Waals surface area contributed by atoms with Crippen molar-refractivity contribution in [2.75, 3.05) is 0 Å². The Balaban J connectivity index is 0.000000217. The molecule has 0 saturated heterocycles. The van der Waals surface area contributed by atoms with Gasteiger partial charge < -0.3 is 5.11 Å². The maximum atomic E-state index is 10.1. The Morgan fingerprint density at radius 1 is 0.886 bits per heavy atom. The number of aromatic nitrogens is 2. The van der Waals surface area contributed by atoms with E-state index in [0.29, 0.717) is 0 Å². The van der Waals surface area contributed by atoms with Gasteiger partial charge in [0.05, 0.1) is 13.6 Å². The molecule has 0 atom stereocenters. The van der Waals surface area contributed by atoms with Crippen molar-refractivity contribution in [3.05, 3.63) is 96.8 Å². The van der Waals surface area contributed by atoms with E-state index in [1.54, 1.807) is 12.1 Å². The van der Waals surface area contributed by atoms with Crippen molar-refractivity contribution in [1.82, 2.24) is 9.97 Å². The predicted octanol–water partition coefficient (Wildman–Crippen LogP) is 5.26. The van der Waals surface area contributed by atoms with Crippen LogP contribution in [0.4, 0.5) is 0 Å². The number of benzene rings is 3. The van der Waals surface area contributed by atoms with Crippen LogP contribution in [0.1, 0.15) is 10.5 Å². The number of aromatic carboxylic acids is 1. The number of nitrogens with zero attached hydrogens (tertiary/aromatic N) is 2. The van der Waals surface area contributed by atoms with Crippen LogP contribution in [0.15, 0.2) is 85.1 Å². The van der Waals surface area contributed by atoms with Crippen molar-refractivity contribution >= 4 is 35.3 Å². The van der Waals surface area contributed by atoms with Crippen LogP contribution in [0.3, 0.4) is 0 Å². The van der Waals surface area contributed by atoms with Gasteiger partial charge in [-0.2, -0.15) is 0 Å². The van der Waals surface area contributed by atoms with E-state index in [9.17, 15) is 4.79 Å². The third-order valence-corrected chi connectivity index (χ3v) is 10.3. The first-order valence-electron chi connectivity index (χ1n) is 11.2. The molecule has 3 aromatic carbocycles. The Hall–Kier alpha value is -3.44. The second kappa shape index (κ2) is 8.65. The molecule has 1 aliphatic carbocycles. The van der Waals surface area contributed by atoms with Gasteiger partial charge in [0.1, 0.15) is 5.69 Å². The van der Waals surface area contributed by atoms with Crippen LogP contribution in [0.5, 0.6) is 0 Å². The fraction of sp³-hybridized carbons (Fsp3) is 0.0690. The molecule has 2 aliphatic rings. The molecule has 0 unspecified atom stereocenters. The molecule has 3 heterocycles. The Morgan fingerprint density at radius 2 is 1.63 bits per heavy atom. The molecule has 1 N–H and O–H groups in total. The zero-order valence-corrected chi connectivity index (χ0v) is 22.6. The topological polar surface area (TPSA) is 63.1 Å². The number of carboxylic acids is 1. The summed E-state index contributed by atoms with van der Waals surface area (Å²) in [4.78, 5) is 18.9. The SMILES string of the molecule is C[Si]1(C)c2ccc[c-]c2-c2nc3cccc4c3c(c21)-c1ccccc1-4.O=C(O)c1ccccn1.[Ir]. The number of hydrogen-bond acceptors (Lipinski definition) is 3. The molecule has 4 nitrogen and oxygen atoms in total. The standard InChI is InChI=1S/C23H16NSi.C6H5NO2.Ir/c1-25(2)19-13-6-5-10-17(19)22-23(25)21-16-9-4-3-8-14(16)15-11-7-12-18(24-22)20(15)21;8-6(9)5-3-1-2-4-7-5;/h3-9,11-13H,1-2H3;1-4H,(H,8,9);/q-1;;. The van der Waals surface area contributed by atoms with Crippen LogP contribution in [0.2, 0.25) is 13.1 Å². The molecule has 0 spiro atoms. The molecular weight excluding hydrogens is 629 g/mol. The van der Waals surface area contributed by atoms with Crippen LogP contribution in [-0.2, 0) is 20.1 Å². The largest absolute Gasteiger partial charge is 0.477 e. The van der Waals surface area contributed by atoms with Crippen molar-refractivity contribution in [1.29, 1.82) is 0 Å². The number of rotatable bonds is 1. The van der Waals surface area contributed by atoms with Crippen LogP contribution in [0.25, 0.3) is 44.4 Å². The summed E-state index contributed by atoms with van der Waals surface area (Å²) in [5, 5.41) is 12.6. The molecule has 173 valence electrons. The van der Waals surface area contributed by atoms with Gasteiger partial charge in [-0.15, -0.1) is 35.0 Å². The van der Waals surface area contributed by atoms with Gasteiger partial charge in [0.2, 0.25) is 0 Å². The average molecular weight is 650 g/mol. The number of carbonyl (C=O) groups is 1. The molecular formula is C29H21IrN2O2Si-. The minimum Gasteiger partial charge on any atom is -0.477 e. The van der Waals surface area contributed by atoms with Crippen molar-refractivity contribution in [3.63, 3.8) is 0 Å². The minimum atomic E-state index is -1.79. The zero-order chi connectivity index (χ0) is 23.4. The maximum Gasteiger partial charge on any atom is 0.354 e. The van der Waals surface area contributed by atoms with E-state index >= 15 is 0 Å². The van der Waals surface area contributed by atoms with E-state index in [2.05, 4.69) is 78.7 Å². The van der Waals surface area contributed by atoms with Gasteiger partial charge in [-0.1, -0.05) is 60.7 Å². The van der Waals surface area contributed by atoms with Gasteiger partial charge in [0.25, 0.3) is 0 Å². The molecule has 0 fully saturated rings. The van der Waals surface area contributed by atoms with Crippen molar-refractivity contribution in [2.45, 2.75) is 13.1 Å². The molecule has 0 bridgehead atoms. The number of pyridine rings is 2. The summed E-state index contributed by atoms with van der Waals surface area (Å²) in [5.74, 6) is -0.990. The van der Waals surface area contributed by atoms with Gasteiger partial charge >= 0.3 is 5.97 Å². The Kier molecular flexibility index (Phi) is 5.76. The molecule has 7 rings (SSSR count). The molecule has 5 aromatic rings. The summed E-state index contributed by atoms with van der Waals surface area (Å²) in [7, 11) is -1.79. The molecule has 1 radical (unpaired) electrons. The summed E-state index contributed by atoms with van der Waals surface area (Å²) >= 11 is 0. The van der Waals surface area contributed by atoms with Crippen LogP contribution < -0.4 is 10.4 Å². The first-order chi connectivity index (χ1) is 16.5. The zero-order valence-electron chi connectivity index (χ0n) is 19.2. The van der Waals surface area contributed by atoms with E-state index in [1.165, 1.54) is 61.5 Å². The first-order valence-corrected chi connectivity index (χ1v) is 14.2. The van der Waals surface area contributed by atoms with E-state index in [4.69, 9.17) is 10.1 Å². The molecule has 6 heteroatoms. The summed E-state index contributed by atoms with van der Waals surface area (Å²) in [5.41, 5.74) is 9.08. The molecule has 0 amide bonds. The summed E-state index contributed by atoms with van der Waals surface area (Å²) in [6.45, 7) is 4.91. The van der Waals surface area contributed by atoms with Crippen LogP contribution in [0, 0.1) is 6.07 Å². The second-order valence-electron chi connectivity index (χ2n) is 9.06. The molecule has 1 aliphatic heterocycles. The monoisotopic (exact) mass is 650 g/mol. The van der Waals surface area contributed by atoms with E-state index in [0.717, 1.165) is 5.52 Å². The predicted molar refractivity (Wildman–Crippen MR) is 138 cm³/mol. The van der Waals surface area contributed by atoms with Crippen molar-refractivity contribution in [3.8, 4) is 33.5 Å². The van der Waals surface area contributed by atoms with E-state index in [-0.39, 0.29) is 25.8 Å². The van der Waals surface area contributed by atoms with Crippen molar-refractivity contribution in [2.24, 2.45) is 0 Å². The van der Waals surface area contributed by atoms with E-state index in [1.807, 2.05) is 6.07 Å². The smallest absolute Gasteiger partial charge is 0.354 e. The fourth-order valence-corrected chi connectivity index (χ4v) is 8.57. The minimum absolute atomic E-state index is 0. The van der Waals surface area contributed by atoms with E-state index < -0.39 is 14.0 Å². The fourth-order valence-electron chi connectivity index (χ4n) is 5.31. The first kappa shape index (κ1) is 23.3. The van der Waals surface area contributed by atoms with Crippen LogP contribution >= 0.6 is 0 Å². The van der Waals surface area contributed by atoms with Gasteiger partial charge in [0, 0.05) is 31.7 Å². The Labute approximate surface area is 218 Å². The van der Waals surface area contributed by atoms with Gasteiger partial charge in [0.15, 0.2) is 0 Å². The summed E-state index contributed by atoms with van der Waals surface area (Å²) in [6.07, 6.45) is 1.45. The number of fused-ring (bicyclic) bond motifs is 7. The van der Waals surface area contributed by atoms with Gasteiger partial charge in [-0.05, 0) is 46.1 Å². The molecule has 0 saturated carbocycles. The summed E-state index contributed by atoms with van der Waals surface area (Å²) < 4.78 is 0.